The minimum atomic E-state index is -0.853. The zero-order valence-corrected chi connectivity index (χ0v) is 12.4. The molecule has 0 saturated heterocycles. The Labute approximate surface area is 132 Å². The monoisotopic (exact) mass is 316 g/mol. The molecule has 0 amide bonds. The molecule has 0 saturated carbocycles. The van der Waals surface area contributed by atoms with E-state index in [1.807, 2.05) is 30.3 Å². The Hall–Kier alpha value is -2.93. The predicted octanol–water partition coefficient (Wildman–Crippen LogP) is 2.37. The van der Waals surface area contributed by atoms with Gasteiger partial charge in [0.25, 0.3) is 0 Å². The van der Waals surface area contributed by atoms with Crippen LogP contribution >= 0.6 is 0 Å². The van der Waals surface area contributed by atoms with Crippen LogP contribution in [0.4, 0.5) is 5.69 Å². The highest BCUT2D eigenvalue weighted by atomic mass is 16.6. The van der Waals surface area contributed by atoms with Crippen LogP contribution in [0.25, 0.3) is 0 Å². The van der Waals surface area contributed by atoms with Crippen LogP contribution in [-0.2, 0) is 6.54 Å². The summed E-state index contributed by atoms with van der Waals surface area (Å²) in [6, 6.07) is 10.8. The molecule has 0 spiro atoms. The van der Waals surface area contributed by atoms with Gasteiger partial charge in [-0.25, -0.2) is 0 Å². The van der Waals surface area contributed by atoms with Crippen LogP contribution in [0.2, 0.25) is 0 Å². The second-order valence-corrected chi connectivity index (χ2v) is 5.07. The summed E-state index contributed by atoms with van der Waals surface area (Å²) in [5, 5.41) is 32.8. The van der Waals surface area contributed by atoms with Gasteiger partial charge < -0.3 is 15.5 Å². The molecular weight excluding hydrogens is 300 g/mol. The molecular formula is C16H16N2O5. The molecule has 0 aliphatic rings. The van der Waals surface area contributed by atoms with Crippen LogP contribution in [0.15, 0.2) is 42.5 Å². The maximum atomic E-state index is 12.3. The zero-order valence-electron chi connectivity index (χ0n) is 12.4. The number of nitrogens with one attached hydrogen (secondary N) is 1. The van der Waals surface area contributed by atoms with Crippen molar-refractivity contribution < 1.29 is 19.9 Å². The summed E-state index contributed by atoms with van der Waals surface area (Å²) in [7, 11) is 0. The molecule has 2 aromatic rings. The van der Waals surface area contributed by atoms with E-state index in [-0.39, 0.29) is 5.56 Å². The molecule has 0 bridgehead atoms. The summed E-state index contributed by atoms with van der Waals surface area (Å²) >= 11 is 0. The first-order valence-electron chi connectivity index (χ1n) is 6.92. The van der Waals surface area contributed by atoms with Crippen molar-refractivity contribution in [3.63, 3.8) is 0 Å². The SMILES string of the molecule is CC(NCc1ccccc1)C(=O)c1cc(O)c(O)c([N+](=O)[O-])c1. The van der Waals surface area contributed by atoms with E-state index in [2.05, 4.69) is 5.32 Å². The number of carbonyl (C=O) groups is 1. The van der Waals surface area contributed by atoms with E-state index >= 15 is 0 Å². The van der Waals surface area contributed by atoms with Crippen molar-refractivity contribution in [1.29, 1.82) is 0 Å². The number of benzene rings is 2. The van der Waals surface area contributed by atoms with E-state index in [1.165, 1.54) is 0 Å². The van der Waals surface area contributed by atoms with Gasteiger partial charge >= 0.3 is 5.69 Å². The van der Waals surface area contributed by atoms with Crippen LogP contribution < -0.4 is 5.32 Å². The molecule has 0 radical (unpaired) electrons. The third-order valence-corrected chi connectivity index (χ3v) is 3.40. The Morgan fingerprint density at radius 3 is 2.52 bits per heavy atom. The van der Waals surface area contributed by atoms with Crippen LogP contribution in [0, 0.1) is 10.1 Å². The standard InChI is InChI=1S/C16H16N2O5/c1-10(17-9-11-5-3-2-4-6-11)15(20)12-7-13(18(22)23)16(21)14(19)8-12/h2-8,10,17,19,21H,9H2,1H3. The van der Waals surface area contributed by atoms with Gasteiger partial charge in [0.05, 0.1) is 11.0 Å². The van der Waals surface area contributed by atoms with Crippen molar-refractivity contribution in [2.24, 2.45) is 0 Å². The minimum Gasteiger partial charge on any atom is -0.504 e. The van der Waals surface area contributed by atoms with E-state index in [0.29, 0.717) is 6.54 Å². The molecule has 120 valence electrons. The van der Waals surface area contributed by atoms with Gasteiger partial charge in [0.2, 0.25) is 5.75 Å². The first-order chi connectivity index (χ1) is 10.9. The van der Waals surface area contributed by atoms with Gasteiger partial charge in [-0.05, 0) is 18.6 Å². The summed E-state index contributed by atoms with van der Waals surface area (Å²) < 4.78 is 0. The van der Waals surface area contributed by atoms with Crippen molar-refractivity contribution in [2.75, 3.05) is 0 Å². The molecule has 7 heteroatoms. The smallest absolute Gasteiger partial charge is 0.315 e. The van der Waals surface area contributed by atoms with Crippen LogP contribution in [0.3, 0.4) is 0 Å². The molecule has 0 heterocycles. The molecule has 3 N–H and O–H groups in total. The fourth-order valence-electron chi connectivity index (χ4n) is 2.10. The van der Waals surface area contributed by atoms with Gasteiger partial charge in [0.15, 0.2) is 11.5 Å². The average Bonchev–Trinajstić information content (AvgIpc) is 2.55. The summed E-state index contributed by atoms with van der Waals surface area (Å²) in [4.78, 5) is 22.3. The lowest BCUT2D eigenvalue weighted by atomic mass is 10.0. The number of nitro benzene ring substituents is 1. The maximum Gasteiger partial charge on any atom is 0.315 e. The predicted molar refractivity (Wildman–Crippen MR) is 83.5 cm³/mol. The fraction of sp³-hybridized carbons (Fsp3) is 0.188. The van der Waals surface area contributed by atoms with Gasteiger partial charge in [-0.15, -0.1) is 0 Å². The molecule has 7 nitrogen and oxygen atoms in total. The highest BCUT2D eigenvalue weighted by molar-refractivity contribution is 6.01. The van der Waals surface area contributed by atoms with Crippen molar-refractivity contribution >= 4 is 11.5 Å². The normalized spacial score (nSPS) is 11.9. The molecule has 2 aromatic carbocycles. The quantitative estimate of drug-likeness (QED) is 0.326. The van der Waals surface area contributed by atoms with Crippen molar-refractivity contribution in [3.8, 4) is 11.5 Å². The lowest BCUT2D eigenvalue weighted by Crippen LogP contribution is -2.33. The van der Waals surface area contributed by atoms with Crippen molar-refractivity contribution in [1.82, 2.24) is 5.32 Å². The summed E-state index contributed by atoms with van der Waals surface area (Å²) in [5.41, 5.74) is 0.246. The van der Waals surface area contributed by atoms with Gasteiger partial charge in [0, 0.05) is 18.2 Å². The molecule has 0 aromatic heterocycles. The second-order valence-electron chi connectivity index (χ2n) is 5.07. The first-order valence-corrected chi connectivity index (χ1v) is 6.92. The minimum absolute atomic E-state index is 0.0416. The van der Waals surface area contributed by atoms with Crippen LogP contribution in [-0.4, -0.2) is 27.0 Å². The number of hydrogen-bond donors (Lipinski definition) is 3. The first kappa shape index (κ1) is 16.4. The van der Waals surface area contributed by atoms with E-state index in [0.717, 1.165) is 17.7 Å². The van der Waals surface area contributed by atoms with Crippen molar-refractivity contribution in [2.45, 2.75) is 19.5 Å². The number of nitro groups is 1. The van der Waals surface area contributed by atoms with Crippen LogP contribution in [0.5, 0.6) is 11.5 Å². The maximum absolute atomic E-state index is 12.3. The number of rotatable bonds is 6. The Morgan fingerprint density at radius 2 is 1.91 bits per heavy atom. The molecule has 0 fully saturated rings. The Kier molecular flexibility index (Phi) is 4.92. The highest BCUT2D eigenvalue weighted by Gasteiger charge is 2.23. The highest BCUT2D eigenvalue weighted by Crippen LogP contribution is 2.36. The summed E-state index contributed by atoms with van der Waals surface area (Å²) in [6.45, 7) is 2.08. The number of hydrogen-bond acceptors (Lipinski definition) is 6. The number of Topliss-reactive ketones (excluding diaryl/α,β-unsaturated/α-hetero) is 1. The van der Waals surface area contributed by atoms with Crippen molar-refractivity contribution in [3.05, 3.63) is 63.7 Å². The van der Waals surface area contributed by atoms with Gasteiger partial charge in [-0.3, -0.25) is 14.9 Å². The lowest BCUT2D eigenvalue weighted by Gasteiger charge is -2.13. The molecule has 1 atom stereocenters. The third-order valence-electron chi connectivity index (χ3n) is 3.40. The number of aromatic hydroxyl groups is 2. The number of phenolic OH excluding ortho intramolecular Hbond substituents is 2. The topological polar surface area (TPSA) is 113 Å². The Morgan fingerprint density at radius 1 is 1.26 bits per heavy atom. The number of ketones is 1. The lowest BCUT2D eigenvalue weighted by molar-refractivity contribution is -0.386. The number of carbonyl (C=O) groups excluding carboxylic acids is 1. The number of nitrogens with zero attached hydrogens (tertiary/aromatic N) is 1. The van der Waals surface area contributed by atoms with Gasteiger partial charge in [-0.1, -0.05) is 30.3 Å². The summed E-state index contributed by atoms with van der Waals surface area (Å²) in [5.74, 6) is -1.96. The van der Waals surface area contributed by atoms with E-state index < -0.39 is 33.9 Å². The Balaban J connectivity index is 2.14. The fourth-order valence-corrected chi connectivity index (χ4v) is 2.10. The second kappa shape index (κ2) is 6.89. The molecule has 0 aliphatic carbocycles. The average molecular weight is 316 g/mol. The van der Waals surface area contributed by atoms with Gasteiger partial charge in [-0.2, -0.15) is 0 Å². The zero-order chi connectivity index (χ0) is 17.0. The van der Waals surface area contributed by atoms with E-state index in [1.54, 1.807) is 6.92 Å². The van der Waals surface area contributed by atoms with Gasteiger partial charge in [0.1, 0.15) is 0 Å². The largest absolute Gasteiger partial charge is 0.504 e. The molecule has 0 aliphatic heterocycles. The molecule has 1 unspecified atom stereocenters. The third kappa shape index (κ3) is 3.83. The number of phenols is 2. The molecule has 23 heavy (non-hydrogen) atoms. The van der Waals surface area contributed by atoms with E-state index in [4.69, 9.17) is 0 Å². The van der Waals surface area contributed by atoms with E-state index in [9.17, 15) is 25.1 Å². The summed E-state index contributed by atoms with van der Waals surface area (Å²) in [6.07, 6.45) is 0. The van der Waals surface area contributed by atoms with Crippen LogP contribution in [0.1, 0.15) is 22.8 Å². The Bertz CT molecular complexity index is 731. The molecule has 2 rings (SSSR count).